The first-order chi connectivity index (χ1) is 7.95. The normalized spacial score (nSPS) is 17.8. The molecule has 2 N–H and O–H groups in total. The Hall–Kier alpha value is -0.800. The zero-order chi connectivity index (χ0) is 11.1. The maximum absolute atomic E-state index is 5.83. The summed E-state index contributed by atoms with van der Waals surface area (Å²) >= 11 is 0. The van der Waals surface area contributed by atoms with Crippen LogP contribution in [0.5, 0.6) is 0 Å². The average molecular weight is 222 g/mol. The van der Waals surface area contributed by atoms with Crippen LogP contribution in [0, 0.1) is 0 Å². The minimum Gasteiger partial charge on any atom is -0.377 e. The molecule has 0 aliphatic heterocycles. The molecule has 1 aliphatic carbocycles. The minimum atomic E-state index is 0.529. The zero-order valence-corrected chi connectivity index (χ0v) is 9.87. The largest absolute Gasteiger partial charge is 0.377 e. The Balaban J connectivity index is 1.48. The molecule has 1 saturated carbocycles. The summed E-state index contributed by atoms with van der Waals surface area (Å²) in [6.45, 7) is 2.68. The Morgan fingerprint density at radius 2 is 2.19 bits per heavy atom. The molecule has 0 bridgehead atoms. The van der Waals surface area contributed by atoms with E-state index in [1.165, 1.54) is 37.8 Å². The molecule has 0 saturated heterocycles. The monoisotopic (exact) mass is 222 g/mol. The van der Waals surface area contributed by atoms with E-state index < -0.39 is 0 Å². The first kappa shape index (κ1) is 11.7. The van der Waals surface area contributed by atoms with Crippen LogP contribution in [0.25, 0.3) is 0 Å². The number of hydrogen-bond acceptors (Lipinski definition) is 2. The Labute approximate surface area is 97.6 Å². The number of aromatic nitrogens is 1. The van der Waals surface area contributed by atoms with E-state index in [1.54, 1.807) is 0 Å². The van der Waals surface area contributed by atoms with Crippen LogP contribution in [0.4, 0.5) is 0 Å². The Kier molecular flexibility index (Phi) is 4.90. The summed E-state index contributed by atoms with van der Waals surface area (Å²) in [6.07, 6.45) is 9.09. The number of hydrogen-bond donors (Lipinski definition) is 2. The van der Waals surface area contributed by atoms with Crippen molar-refractivity contribution in [2.75, 3.05) is 13.2 Å². The summed E-state index contributed by atoms with van der Waals surface area (Å²) in [6, 6.07) is 4.12. The summed E-state index contributed by atoms with van der Waals surface area (Å²) in [5.74, 6) is 0. The quantitative estimate of drug-likeness (QED) is 0.725. The number of aromatic amines is 1. The predicted octanol–water partition coefficient (Wildman–Crippen LogP) is 2.45. The van der Waals surface area contributed by atoms with Crippen LogP contribution in [-0.4, -0.2) is 24.2 Å². The van der Waals surface area contributed by atoms with Crippen LogP contribution < -0.4 is 5.32 Å². The maximum Gasteiger partial charge on any atom is 0.0594 e. The SMILES string of the molecule is c1c[nH]c(CNCCOC2CCCCC2)c1. The van der Waals surface area contributed by atoms with Crippen molar-refractivity contribution in [1.82, 2.24) is 10.3 Å². The van der Waals surface area contributed by atoms with Gasteiger partial charge in [0.05, 0.1) is 12.7 Å². The van der Waals surface area contributed by atoms with Crippen molar-refractivity contribution >= 4 is 0 Å². The molecule has 3 heteroatoms. The van der Waals surface area contributed by atoms with Gasteiger partial charge in [-0.3, -0.25) is 0 Å². The standard InChI is InChI=1S/C13H22N2O/c1-2-6-13(7-3-1)16-10-9-14-11-12-5-4-8-15-12/h4-5,8,13-15H,1-3,6-7,9-11H2. The fraction of sp³-hybridized carbons (Fsp3) is 0.692. The van der Waals surface area contributed by atoms with E-state index in [4.69, 9.17) is 4.74 Å². The number of rotatable bonds is 6. The lowest BCUT2D eigenvalue weighted by Gasteiger charge is -2.21. The van der Waals surface area contributed by atoms with Crippen LogP contribution in [0.1, 0.15) is 37.8 Å². The lowest BCUT2D eigenvalue weighted by Crippen LogP contribution is -2.24. The molecular formula is C13H22N2O. The first-order valence-corrected chi connectivity index (χ1v) is 6.40. The summed E-state index contributed by atoms with van der Waals surface area (Å²) < 4.78 is 5.83. The van der Waals surface area contributed by atoms with Crippen LogP contribution in [-0.2, 0) is 11.3 Å². The smallest absolute Gasteiger partial charge is 0.0594 e. The van der Waals surface area contributed by atoms with Gasteiger partial charge in [-0.25, -0.2) is 0 Å². The van der Waals surface area contributed by atoms with Gasteiger partial charge in [-0.15, -0.1) is 0 Å². The lowest BCUT2D eigenvalue weighted by molar-refractivity contribution is 0.0302. The third-order valence-corrected chi connectivity index (χ3v) is 3.16. The predicted molar refractivity (Wildman–Crippen MR) is 65.3 cm³/mol. The summed E-state index contributed by atoms with van der Waals surface area (Å²) in [5, 5.41) is 3.37. The third-order valence-electron chi connectivity index (χ3n) is 3.16. The van der Waals surface area contributed by atoms with E-state index in [-0.39, 0.29) is 0 Å². The molecule has 1 heterocycles. The van der Waals surface area contributed by atoms with Crippen molar-refractivity contribution in [2.45, 2.75) is 44.8 Å². The summed E-state index contributed by atoms with van der Waals surface area (Å²) in [4.78, 5) is 3.17. The van der Waals surface area contributed by atoms with Gasteiger partial charge in [0.25, 0.3) is 0 Å². The second kappa shape index (κ2) is 6.71. The molecule has 3 nitrogen and oxygen atoms in total. The fourth-order valence-electron chi connectivity index (χ4n) is 2.23. The van der Waals surface area contributed by atoms with E-state index in [1.807, 2.05) is 12.3 Å². The number of H-pyrrole nitrogens is 1. The molecule has 0 atom stereocenters. The molecule has 1 aromatic rings. The number of nitrogens with one attached hydrogen (secondary N) is 2. The van der Waals surface area contributed by atoms with Crippen LogP contribution in [0.2, 0.25) is 0 Å². The fourth-order valence-corrected chi connectivity index (χ4v) is 2.23. The van der Waals surface area contributed by atoms with E-state index in [0.717, 1.165) is 19.7 Å². The van der Waals surface area contributed by atoms with Crippen LogP contribution in [0.15, 0.2) is 18.3 Å². The van der Waals surface area contributed by atoms with Gasteiger partial charge in [-0.2, -0.15) is 0 Å². The second-order valence-electron chi connectivity index (χ2n) is 4.50. The van der Waals surface area contributed by atoms with Gasteiger partial charge in [0.1, 0.15) is 0 Å². The van der Waals surface area contributed by atoms with Gasteiger partial charge in [0.15, 0.2) is 0 Å². The maximum atomic E-state index is 5.83. The van der Waals surface area contributed by atoms with Crippen molar-refractivity contribution in [3.63, 3.8) is 0 Å². The van der Waals surface area contributed by atoms with Crippen molar-refractivity contribution in [1.29, 1.82) is 0 Å². The zero-order valence-electron chi connectivity index (χ0n) is 9.87. The Morgan fingerprint density at radius 3 is 2.94 bits per heavy atom. The number of ether oxygens (including phenoxy) is 1. The summed E-state index contributed by atoms with van der Waals surface area (Å²) in [7, 11) is 0. The van der Waals surface area contributed by atoms with Crippen molar-refractivity contribution in [3.8, 4) is 0 Å². The molecule has 0 unspecified atom stereocenters. The minimum absolute atomic E-state index is 0.529. The Morgan fingerprint density at radius 1 is 1.31 bits per heavy atom. The first-order valence-electron chi connectivity index (χ1n) is 6.40. The topological polar surface area (TPSA) is 37.0 Å². The molecule has 1 aromatic heterocycles. The lowest BCUT2D eigenvalue weighted by atomic mass is 9.98. The molecule has 1 aliphatic rings. The molecule has 16 heavy (non-hydrogen) atoms. The van der Waals surface area contributed by atoms with Crippen molar-refractivity contribution in [2.24, 2.45) is 0 Å². The highest BCUT2D eigenvalue weighted by molar-refractivity contribution is 5.02. The highest BCUT2D eigenvalue weighted by Gasteiger charge is 2.12. The van der Waals surface area contributed by atoms with Crippen molar-refractivity contribution in [3.05, 3.63) is 24.0 Å². The highest BCUT2D eigenvalue weighted by atomic mass is 16.5. The van der Waals surface area contributed by atoms with E-state index in [2.05, 4.69) is 16.4 Å². The van der Waals surface area contributed by atoms with Crippen molar-refractivity contribution < 1.29 is 4.74 Å². The molecule has 90 valence electrons. The van der Waals surface area contributed by atoms with E-state index >= 15 is 0 Å². The van der Waals surface area contributed by atoms with Gasteiger partial charge in [-0.05, 0) is 25.0 Å². The Bertz CT molecular complexity index is 265. The summed E-state index contributed by atoms with van der Waals surface area (Å²) in [5.41, 5.74) is 1.23. The molecule has 0 amide bonds. The van der Waals surface area contributed by atoms with Gasteiger partial charge < -0.3 is 15.0 Å². The molecule has 0 aromatic carbocycles. The highest BCUT2D eigenvalue weighted by Crippen LogP contribution is 2.19. The van der Waals surface area contributed by atoms with Gasteiger partial charge in [0.2, 0.25) is 0 Å². The molecular weight excluding hydrogens is 200 g/mol. The van der Waals surface area contributed by atoms with Crippen LogP contribution >= 0.6 is 0 Å². The molecule has 0 radical (unpaired) electrons. The van der Waals surface area contributed by atoms with E-state index in [0.29, 0.717) is 6.10 Å². The van der Waals surface area contributed by atoms with Gasteiger partial charge in [0, 0.05) is 25.0 Å². The molecule has 2 rings (SSSR count). The van der Waals surface area contributed by atoms with Gasteiger partial charge >= 0.3 is 0 Å². The van der Waals surface area contributed by atoms with Crippen LogP contribution in [0.3, 0.4) is 0 Å². The second-order valence-corrected chi connectivity index (χ2v) is 4.50. The average Bonchev–Trinajstić information content (AvgIpc) is 2.83. The van der Waals surface area contributed by atoms with Gasteiger partial charge in [-0.1, -0.05) is 19.3 Å². The van der Waals surface area contributed by atoms with E-state index in [9.17, 15) is 0 Å². The molecule has 1 fully saturated rings. The molecule has 0 spiro atoms. The third kappa shape index (κ3) is 3.99.